The number of carbonyl (C=O) groups excluding carboxylic acids is 3. The molecule has 31 heavy (non-hydrogen) atoms. The standard InChI is InChI=1S/C24H21NO6/c1-29-21-12-8-7-11-18(21)23(27)16-13-19(24(28)31-3)20(14-22(26)30-2)25(15-16)17-9-5-4-6-10-17/h4-15H,1-3H3/b20-14+. The minimum Gasteiger partial charge on any atom is -0.496 e. The number of ether oxygens (including phenoxy) is 3. The summed E-state index contributed by atoms with van der Waals surface area (Å²) in [4.78, 5) is 39.5. The average Bonchev–Trinajstić information content (AvgIpc) is 2.83. The Morgan fingerprint density at radius 1 is 0.871 bits per heavy atom. The monoisotopic (exact) mass is 419 g/mol. The van der Waals surface area contributed by atoms with Gasteiger partial charge in [-0.15, -0.1) is 0 Å². The highest BCUT2D eigenvalue weighted by Crippen LogP contribution is 2.33. The number of methoxy groups -OCH3 is 3. The lowest BCUT2D eigenvalue weighted by atomic mass is 9.96. The van der Waals surface area contributed by atoms with E-state index in [1.807, 2.05) is 6.07 Å². The molecule has 3 rings (SSSR count). The van der Waals surface area contributed by atoms with Crippen molar-refractivity contribution in [2.75, 3.05) is 26.2 Å². The molecule has 0 saturated carbocycles. The van der Waals surface area contributed by atoms with Crippen molar-refractivity contribution in [3.05, 3.63) is 95.4 Å². The van der Waals surface area contributed by atoms with Crippen molar-refractivity contribution < 1.29 is 28.6 Å². The van der Waals surface area contributed by atoms with E-state index in [0.717, 1.165) is 0 Å². The van der Waals surface area contributed by atoms with Crippen LogP contribution in [0, 0.1) is 0 Å². The van der Waals surface area contributed by atoms with Crippen LogP contribution < -0.4 is 9.64 Å². The number of allylic oxidation sites excluding steroid dienone is 2. The van der Waals surface area contributed by atoms with Crippen LogP contribution in [0.5, 0.6) is 5.75 Å². The minimum absolute atomic E-state index is 0.0394. The van der Waals surface area contributed by atoms with Crippen molar-refractivity contribution >= 4 is 23.4 Å². The van der Waals surface area contributed by atoms with Crippen LogP contribution in [0.3, 0.4) is 0 Å². The topological polar surface area (TPSA) is 82.1 Å². The normalized spacial score (nSPS) is 14.4. The van der Waals surface area contributed by atoms with Gasteiger partial charge in [0.25, 0.3) is 0 Å². The number of nitrogens with zero attached hydrogens (tertiary/aromatic N) is 1. The second kappa shape index (κ2) is 9.58. The Morgan fingerprint density at radius 2 is 1.55 bits per heavy atom. The summed E-state index contributed by atoms with van der Waals surface area (Å²) in [6.07, 6.45) is 4.14. The van der Waals surface area contributed by atoms with E-state index in [0.29, 0.717) is 17.0 Å². The Labute approximate surface area is 179 Å². The van der Waals surface area contributed by atoms with Crippen LogP contribution >= 0.6 is 0 Å². The maximum absolute atomic E-state index is 13.3. The van der Waals surface area contributed by atoms with Crippen molar-refractivity contribution in [3.63, 3.8) is 0 Å². The number of rotatable bonds is 6. The lowest BCUT2D eigenvalue weighted by molar-refractivity contribution is -0.135. The number of Topliss-reactive ketones (excluding diaryl/α,β-unsaturated/α-hetero) is 1. The van der Waals surface area contributed by atoms with Gasteiger partial charge in [-0.3, -0.25) is 4.79 Å². The highest BCUT2D eigenvalue weighted by atomic mass is 16.5. The predicted octanol–water partition coefficient (Wildman–Crippen LogP) is 3.44. The Morgan fingerprint density at radius 3 is 2.19 bits per heavy atom. The number of carbonyl (C=O) groups is 3. The van der Waals surface area contributed by atoms with Gasteiger partial charge in [-0.25, -0.2) is 9.59 Å². The van der Waals surface area contributed by atoms with Crippen LogP contribution in [0.15, 0.2) is 89.8 Å². The Balaban J connectivity index is 2.20. The van der Waals surface area contributed by atoms with Gasteiger partial charge in [-0.05, 0) is 30.3 Å². The SMILES string of the molecule is COC(=O)/C=C1\C(C(=O)OC)=CC(C(=O)c2ccccc2OC)=CN1c1ccccc1. The van der Waals surface area contributed by atoms with Crippen molar-refractivity contribution in [1.29, 1.82) is 0 Å². The number of anilines is 1. The van der Waals surface area contributed by atoms with E-state index >= 15 is 0 Å². The van der Waals surface area contributed by atoms with Crippen molar-refractivity contribution in [1.82, 2.24) is 0 Å². The first-order chi connectivity index (χ1) is 15.0. The molecule has 0 bridgehead atoms. The first-order valence-corrected chi connectivity index (χ1v) is 9.34. The summed E-state index contributed by atoms with van der Waals surface area (Å²) >= 11 is 0. The van der Waals surface area contributed by atoms with Gasteiger partial charge in [0.05, 0.1) is 38.2 Å². The molecule has 0 spiro atoms. The summed E-state index contributed by atoms with van der Waals surface area (Å²) in [5, 5.41) is 0. The first kappa shape index (κ1) is 21.6. The molecule has 2 aromatic rings. The molecule has 0 saturated heterocycles. The third-order valence-corrected chi connectivity index (χ3v) is 4.61. The van der Waals surface area contributed by atoms with E-state index in [4.69, 9.17) is 14.2 Å². The first-order valence-electron chi connectivity index (χ1n) is 9.34. The lowest BCUT2D eigenvalue weighted by Gasteiger charge is -2.29. The lowest BCUT2D eigenvalue weighted by Crippen LogP contribution is -2.27. The second-order valence-electron chi connectivity index (χ2n) is 6.42. The maximum Gasteiger partial charge on any atom is 0.340 e. The van der Waals surface area contributed by atoms with Gasteiger partial charge in [-0.1, -0.05) is 30.3 Å². The Bertz CT molecular complexity index is 1100. The average molecular weight is 419 g/mol. The van der Waals surface area contributed by atoms with Crippen LogP contribution in [0.2, 0.25) is 0 Å². The smallest absolute Gasteiger partial charge is 0.340 e. The van der Waals surface area contributed by atoms with Crippen molar-refractivity contribution in [3.8, 4) is 5.75 Å². The zero-order chi connectivity index (χ0) is 22.4. The molecule has 158 valence electrons. The van der Waals surface area contributed by atoms with Gasteiger partial charge < -0.3 is 19.1 Å². The van der Waals surface area contributed by atoms with Gasteiger partial charge in [0.1, 0.15) is 5.75 Å². The molecule has 0 aromatic heterocycles. The number of para-hydroxylation sites is 2. The van der Waals surface area contributed by atoms with Crippen LogP contribution in [0.1, 0.15) is 10.4 Å². The molecule has 7 nitrogen and oxygen atoms in total. The summed E-state index contributed by atoms with van der Waals surface area (Å²) in [6.45, 7) is 0. The molecule has 0 fully saturated rings. The summed E-state index contributed by atoms with van der Waals surface area (Å²) in [6, 6.07) is 15.8. The number of ketones is 1. The second-order valence-corrected chi connectivity index (χ2v) is 6.42. The maximum atomic E-state index is 13.3. The largest absolute Gasteiger partial charge is 0.496 e. The van der Waals surface area contributed by atoms with E-state index in [9.17, 15) is 14.4 Å². The zero-order valence-corrected chi connectivity index (χ0v) is 17.3. The van der Waals surface area contributed by atoms with Gasteiger partial charge in [-0.2, -0.15) is 0 Å². The number of esters is 2. The summed E-state index contributed by atoms with van der Waals surface area (Å²) in [7, 11) is 3.94. The molecular weight excluding hydrogens is 398 g/mol. The number of hydrogen-bond donors (Lipinski definition) is 0. The van der Waals surface area contributed by atoms with Gasteiger partial charge in [0.15, 0.2) is 5.78 Å². The highest BCUT2D eigenvalue weighted by Gasteiger charge is 2.29. The minimum atomic E-state index is -0.700. The molecule has 0 aliphatic carbocycles. The Kier molecular flexibility index (Phi) is 6.67. The summed E-state index contributed by atoms with van der Waals surface area (Å²) in [5.74, 6) is -1.30. The fourth-order valence-corrected chi connectivity index (χ4v) is 3.11. The van der Waals surface area contributed by atoms with Crippen molar-refractivity contribution in [2.45, 2.75) is 0 Å². The van der Waals surface area contributed by atoms with Crippen LogP contribution in [-0.4, -0.2) is 39.1 Å². The van der Waals surface area contributed by atoms with Gasteiger partial charge in [0, 0.05) is 23.5 Å². The number of benzene rings is 2. The highest BCUT2D eigenvalue weighted by molar-refractivity contribution is 6.14. The van der Waals surface area contributed by atoms with E-state index in [2.05, 4.69) is 0 Å². The molecule has 0 N–H and O–H groups in total. The zero-order valence-electron chi connectivity index (χ0n) is 17.3. The van der Waals surface area contributed by atoms with E-state index in [-0.39, 0.29) is 22.6 Å². The van der Waals surface area contributed by atoms with Crippen LogP contribution in [0.4, 0.5) is 5.69 Å². The van der Waals surface area contributed by atoms with E-state index in [1.54, 1.807) is 59.6 Å². The molecule has 1 aliphatic rings. The van der Waals surface area contributed by atoms with E-state index in [1.165, 1.54) is 33.5 Å². The summed E-state index contributed by atoms with van der Waals surface area (Å²) < 4.78 is 15.0. The molecule has 2 aromatic carbocycles. The molecular formula is C24H21NO6. The van der Waals surface area contributed by atoms with E-state index < -0.39 is 11.9 Å². The quantitative estimate of drug-likeness (QED) is 0.403. The fraction of sp³-hybridized carbons (Fsp3) is 0.125. The number of hydrogen-bond acceptors (Lipinski definition) is 7. The van der Waals surface area contributed by atoms with Crippen LogP contribution in [-0.2, 0) is 19.1 Å². The molecule has 1 heterocycles. The molecule has 0 radical (unpaired) electrons. The molecule has 1 aliphatic heterocycles. The summed E-state index contributed by atoms with van der Waals surface area (Å²) in [5.41, 5.74) is 1.46. The Hall–Kier alpha value is -4.13. The van der Waals surface area contributed by atoms with Gasteiger partial charge in [0.2, 0.25) is 0 Å². The molecule has 0 unspecified atom stereocenters. The third-order valence-electron chi connectivity index (χ3n) is 4.61. The third kappa shape index (κ3) is 4.56. The fourth-order valence-electron chi connectivity index (χ4n) is 3.11. The van der Waals surface area contributed by atoms with Gasteiger partial charge >= 0.3 is 11.9 Å². The van der Waals surface area contributed by atoms with Crippen LogP contribution in [0.25, 0.3) is 0 Å². The van der Waals surface area contributed by atoms with Crippen molar-refractivity contribution in [2.24, 2.45) is 0 Å². The molecule has 7 heteroatoms. The molecule has 0 atom stereocenters. The predicted molar refractivity (Wildman–Crippen MR) is 115 cm³/mol. The molecule has 0 amide bonds.